The predicted molar refractivity (Wildman–Crippen MR) is 81.7 cm³/mol. The van der Waals surface area contributed by atoms with Crippen molar-refractivity contribution in [2.24, 2.45) is 7.05 Å². The van der Waals surface area contributed by atoms with E-state index in [0.29, 0.717) is 12.5 Å². The zero-order valence-corrected chi connectivity index (χ0v) is 12.9. The Bertz CT molecular complexity index is 747. The lowest BCUT2D eigenvalue weighted by Crippen LogP contribution is -1.99. The summed E-state index contributed by atoms with van der Waals surface area (Å²) >= 11 is 3.51. The second-order valence-electron chi connectivity index (χ2n) is 4.65. The van der Waals surface area contributed by atoms with E-state index in [2.05, 4.69) is 26.0 Å². The zero-order chi connectivity index (χ0) is 14.1. The van der Waals surface area contributed by atoms with Crippen LogP contribution in [-0.4, -0.2) is 14.8 Å². The number of halogens is 1. The molecule has 3 rings (SSSR count). The summed E-state index contributed by atoms with van der Waals surface area (Å²) in [6.45, 7) is 2.44. The van der Waals surface area contributed by atoms with Gasteiger partial charge in [0.1, 0.15) is 12.3 Å². The first-order valence-electron chi connectivity index (χ1n) is 6.31. The van der Waals surface area contributed by atoms with Gasteiger partial charge in [0.05, 0.1) is 5.52 Å². The number of rotatable bonds is 3. The van der Waals surface area contributed by atoms with Crippen molar-refractivity contribution >= 4 is 26.8 Å². The van der Waals surface area contributed by atoms with E-state index < -0.39 is 0 Å². The SMILES string of the molecule is Cc1cc(COc2ccc3cccc(Br)c3n2)nn1C. The quantitative estimate of drug-likeness (QED) is 0.735. The molecule has 0 aliphatic rings. The summed E-state index contributed by atoms with van der Waals surface area (Å²) in [6, 6.07) is 11.9. The summed E-state index contributed by atoms with van der Waals surface area (Å²) in [5.74, 6) is 0.604. The molecule has 1 aromatic carbocycles. The summed E-state index contributed by atoms with van der Waals surface area (Å²) in [5, 5.41) is 5.44. The first-order chi connectivity index (χ1) is 9.63. The summed E-state index contributed by atoms with van der Waals surface area (Å²) in [7, 11) is 1.92. The van der Waals surface area contributed by atoms with Crippen LogP contribution in [0.15, 0.2) is 40.9 Å². The number of aromatic nitrogens is 3. The number of benzene rings is 1. The van der Waals surface area contributed by atoms with E-state index in [4.69, 9.17) is 4.74 Å². The van der Waals surface area contributed by atoms with Gasteiger partial charge in [0.25, 0.3) is 0 Å². The molecule has 0 radical (unpaired) electrons. The number of ether oxygens (including phenoxy) is 1. The molecule has 0 N–H and O–H groups in total. The van der Waals surface area contributed by atoms with E-state index in [1.54, 1.807) is 0 Å². The predicted octanol–water partition coefficient (Wildman–Crippen LogP) is 3.62. The Kier molecular flexibility index (Phi) is 3.44. The molecule has 20 heavy (non-hydrogen) atoms. The van der Waals surface area contributed by atoms with Gasteiger partial charge in [-0.25, -0.2) is 4.98 Å². The fourth-order valence-electron chi connectivity index (χ4n) is 2.03. The number of para-hydroxylation sites is 1. The third kappa shape index (κ3) is 2.54. The Labute approximate surface area is 125 Å². The second-order valence-corrected chi connectivity index (χ2v) is 5.50. The normalized spacial score (nSPS) is 10.9. The van der Waals surface area contributed by atoms with Crippen molar-refractivity contribution in [3.63, 3.8) is 0 Å². The van der Waals surface area contributed by atoms with Crippen molar-refractivity contribution in [1.82, 2.24) is 14.8 Å². The van der Waals surface area contributed by atoms with Gasteiger partial charge >= 0.3 is 0 Å². The van der Waals surface area contributed by atoms with Crippen LogP contribution in [0.25, 0.3) is 10.9 Å². The average molecular weight is 332 g/mol. The fourth-order valence-corrected chi connectivity index (χ4v) is 2.50. The Morgan fingerprint density at radius 2 is 2.10 bits per heavy atom. The van der Waals surface area contributed by atoms with Crippen LogP contribution in [0.3, 0.4) is 0 Å². The maximum Gasteiger partial charge on any atom is 0.214 e. The molecule has 102 valence electrons. The van der Waals surface area contributed by atoms with E-state index in [1.165, 1.54) is 0 Å². The first-order valence-corrected chi connectivity index (χ1v) is 7.10. The number of fused-ring (bicyclic) bond motifs is 1. The highest BCUT2D eigenvalue weighted by atomic mass is 79.9. The highest BCUT2D eigenvalue weighted by Gasteiger charge is 2.05. The van der Waals surface area contributed by atoms with Gasteiger partial charge in [-0.05, 0) is 41.1 Å². The minimum Gasteiger partial charge on any atom is -0.471 e. The van der Waals surface area contributed by atoms with Crippen molar-refractivity contribution in [2.45, 2.75) is 13.5 Å². The number of hydrogen-bond donors (Lipinski definition) is 0. The van der Waals surface area contributed by atoms with Crippen molar-refractivity contribution in [3.05, 3.63) is 52.3 Å². The van der Waals surface area contributed by atoms with Crippen LogP contribution < -0.4 is 4.74 Å². The number of pyridine rings is 1. The third-order valence-electron chi connectivity index (χ3n) is 3.18. The lowest BCUT2D eigenvalue weighted by molar-refractivity contribution is 0.289. The van der Waals surface area contributed by atoms with E-state index in [-0.39, 0.29) is 0 Å². The summed E-state index contributed by atoms with van der Waals surface area (Å²) in [6.07, 6.45) is 0. The van der Waals surface area contributed by atoms with Crippen molar-refractivity contribution in [2.75, 3.05) is 0 Å². The van der Waals surface area contributed by atoms with Crippen LogP contribution in [0.4, 0.5) is 0 Å². The maximum absolute atomic E-state index is 5.72. The molecule has 2 heterocycles. The van der Waals surface area contributed by atoms with E-state index in [1.807, 2.05) is 55.1 Å². The molecule has 0 aliphatic carbocycles. The minimum atomic E-state index is 0.421. The molecule has 0 spiro atoms. The number of nitrogens with zero attached hydrogens (tertiary/aromatic N) is 3. The second kappa shape index (κ2) is 5.25. The Morgan fingerprint density at radius 3 is 2.85 bits per heavy atom. The average Bonchev–Trinajstić information content (AvgIpc) is 2.76. The highest BCUT2D eigenvalue weighted by Crippen LogP contribution is 2.24. The third-order valence-corrected chi connectivity index (χ3v) is 3.82. The van der Waals surface area contributed by atoms with Gasteiger partial charge in [-0.3, -0.25) is 4.68 Å². The fraction of sp³-hybridized carbons (Fsp3) is 0.200. The molecule has 0 fully saturated rings. The monoisotopic (exact) mass is 331 g/mol. The molecule has 0 saturated carbocycles. The topological polar surface area (TPSA) is 39.9 Å². The maximum atomic E-state index is 5.72. The van der Waals surface area contributed by atoms with Crippen LogP contribution in [0.5, 0.6) is 5.88 Å². The van der Waals surface area contributed by atoms with Gasteiger partial charge in [0.15, 0.2) is 0 Å². The highest BCUT2D eigenvalue weighted by molar-refractivity contribution is 9.10. The largest absolute Gasteiger partial charge is 0.471 e. The van der Waals surface area contributed by atoms with Crippen LogP contribution in [0.2, 0.25) is 0 Å². The van der Waals surface area contributed by atoms with Crippen molar-refractivity contribution in [3.8, 4) is 5.88 Å². The van der Waals surface area contributed by atoms with E-state index in [9.17, 15) is 0 Å². The molecule has 5 heteroatoms. The Morgan fingerprint density at radius 1 is 1.25 bits per heavy atom. The molecule has 0 amide bonds. The van der Waals surface area contributed by atoms with Gasteiger partial charge in [0.2, 0.25) is 5.88 Å². The minimum absolute atomic E-state index is 0.421. The van der Waals surface area contributed by atoms with Crippen molar-refractivity contribution < 1.29 is 4.74 Å². The number of hydrogen-bond acceptors (Lipinski definition) is 3. The van der Waals surface area contributed by atoms with Gasteiger partial charge in [-0.1, -0.05) is 12.1 Å². The molecular weight excluding hydrogens is 318 g/mol. The molecule has 0 atom stereocenters. The standard InChI is InChI=1S/C15H14BrN3O/c1-10-8-12(18-19(10)2)9-20-14-7-6-11-4-3-5-13(16)15(11)17-14/h3-8H,9H2,1-2H3. The van der Waals surface area contributed by atoms with Crippen LogP contribution >= 0.6 is 15.9 Å². The van der Waals surface area contributed by atoms with E-state index in [0.717, 1.165) is 26.8 Å². The van der Waals surface area contributed by atoms with Crippen LogP contribution in [-0.2, 0) is 13.7 Å². The van der Waals surface area contributed by atoms with Gasteiger partial charge in [-0.15, -0.1) is 0 Å². The number of aryl methyl sites for hydroxylation is 2. The molecular formula is C15H14BrN3O. The molecule has 0 bridgehead atoms. The van der Waals surface area contributed by atoms with Gasteiger partial charge in [-0.2, -0.15) is 5.10 Å². The Hall–Kier alpha value is -1.88. The Balaban J connectivity index is 1.82. The van der Waals surface area contributed by atoms with Crippen molar-refractivity contribution in [1.29, 1.82) is 0 Å². The van der Waals surface area contributed by atoms with Gasteiger partial charge in [0, 0.05) is 28.7 Å². The molecule has 0 unspecified atom stereocenters. The molecule has 4 nitrogen and oxygen atoms in total. The summed E-state index contributed by atoms with van der Waals surface area (Å²) in [4.78, 5) is 4.52. The van der Waals surface area contributed by atoms with Gasteiger partial charge < -0.3 is 4.74 Å². The zero-order valence-electron chi connectivity index (χ0n) is 11.3. The molecule has 0 aliphatic heterocycles. The van der Waals surface area contributed by atoms with Crippen LogP contribution in [0, 0.1) is 6.92 Å². The molecule has 2 aromatic heterocycles. The van der Waals surface area contributed by atoms with Crippen LogP contribution in [0.1, 0.15) is 11.4 Å². The lowest BCUT2D eigenvalue weighted by atomic mass is 10.2. The summed E-state index contributed by atoms with van der Waals surface area (Å²) in [5.41, 5.74) is 2.92. The smallest absolute Gasteiger partial charge is 0.214 e. The summed E-state index contributed by atoms with van der Waals surface area (Å²) < 4.78 is 8.52. The first kappa shape index (κ1) is 13.1. The molecule has 3 aromatic rings. The lowest BCUT2D eigenvalue weighted by Gasteiger charge is -2.05. The van der Waals surface area contributed by atoms with E-state index >= 15 is 0 Å². The molecule has 0 saturated heterocycles.